The molecule has 1 spiro atoms. The highest BCUT2D eigenvalue weighted by Gasteiger charge is 2.54. The molecule has 0 unspecified atom stereocenters. The molecule has 6 rings (SSSR count). The zero-order chi connectivity index (χ0) is 24.0. The van der Waals surface area contributed by atoms with Crippen LogP contribution in [0, 0.1) is 0 Å². The second-order valence-electron chi connectivity index (χ2n) is 9.15. The lowest BCUT2D eigenvalue weighted by molar-refractivity contribution is -0.130. The Morgan fingerprint density at radius 2 is 1.91 bits per heavy atom. The van der Waals surface area contributed by atoms with Crippen LogP contribution >= 0.6 is 0 Å². The molecule has 2 saturated heterocycles. The van der Waals surface area contributed by atoms with Gasteiger partial charge in [0.1, 0.15) is 0 Å². The number of imide groups is 1. The van der Waals surface area contributed by atoms with Crippen molar-refractivity contribution in [2.45, 2.75) is 37.6 Å². The van der Waals surface area contributed by atoms with Crippen molar-refractivity contribution in [3.8, 4) is 0 Å². The standard InChI is InChI=1S/C26H24N4O5/c31-23(28-22-9-10-34-14-26(22)24(32)29-25(33)30-26)16-7-5-15(6-8-16)11-18-17-3-1-2-4-20(17)27-21-13-35-12-19(18)21/h1-8,22H,9-14H2,(H,28,31)(H2,29,30,32,33)/t22-,26+/m1/s1. The Hall–Kier alpha value is -3.82. The Labute approximate surface area is 201 Å². The summed E-state index contributed by atoms with van der Waals surface area (Å²) in [5.74, 6) is -0.788. The number of carbonyl (C=O) groups excluding carboxylic acids is 3. The largest absolute Gasteiger partial charge is 0.378 e. The van der Waals surface area contributed by atoms with E-state index in [9.17, 15) is 14.4 Å². The molecule has 4 heterocycles. The number of para-hydroxylation sites is 1. The second kappa shape index (κ2) is 8.44. The van der Waals surface area contributed by atoms with Crippen molar-refractivity contribution in [3.05, 3.63) is 76.5 Å². The summed E-state index contributed by atoms with van der Waals surface area (Å²) >= 11 is 0. The lowest BCUT2D eigenvalue weighted by Gasteiger charge is -2.38. The molecule has 2 fully saturated rings. The van der Waals surface area contributed by atoms with Crippen LogP contribution in [0.15, 0.2) is 48.5 Å². The summed E-state index contributed by atoms with van der Waals surface area (Å²) in [5, 5.41) is 8.93. The van der Waals surface area contributed by atoms with Gasteiger partial charge < -0.3 is 20.1 Å². The van der Waals surface area contributed by atoms with Gasteiger partial charge in [-0.1, -0.05) is 30.3 Å². The number of pyridine rings is 1. The number of nitrogens with zero attached hydrogens (tertiary/aromatic N) is 1. The molecular weight excluding hydrogens is 448 g/mol. The van der Waals surface area contributed by atoms with Gasteiger partial charge in [-0.05, 0) is 42.2 Å². The Morgan fingerprint density at radius 3 is 2.71 bits per heavy atom. The van der Waals surface area contributed by atoms with Crippen LogP contribution in [0.25, 0.3) is 10.9 Å². The number of hydrogen-bond acceptors (Lipinski definition) is 6. The third-order valence-electron chi connectivity index (χ3n) is 7.03. The SMILES string of the molecule is O=C1NC(=O)[C@@]2(COCC[C@H]2NC(=O)c2ccc(Cc3c4c(nc5ccccc35)COC4)cc2)N1. The molecular formula is C26H24N4O5. The van der Waals surface area contributed by atoms with Crippen LogP contribution in [0.2, 0.25) is 0 Å². The Kier molecular flexibility index (Phi) is 5.23. The van der Waals surface area contributed by atoms with Crippen LogP contribution in [0.4, 0.5) is 4.79 Å². The molecule has 0 bridgehead atoms. The third-order valence-corrected chi connectivity index (χ3v) is 7.03. The number of benzene rings is 2. The summed E-state index contributed by atoms with van der Waals surface area (Å²) in [6.45, 7) is 1.49. The molecule has 1 aromatic heterocycles. The van der Waals surface area contributed by atoms with Crippen LogP contribution in [0.3, 0.4) is 0 Å². The Balaban J connectivity index is 1.22. The van der Waals surface area contributed by atoms with Crippen LogP contribution in [0.5, 0.6) is 0 Å². The number of fused-ring (bicyclic) bond motifs is 2. The lowest BCUT2D eigenvalue weighted by Crippen LogP contribution is -2.67. The molecule has 9 nitrogen and oxygen atoms in total. The van der Waals surface area contributed by atoms with E-state index in [4.69, 9.17) is 14.5 Å². The minimum atomic E-state index is -1.28. The molecule has 3 aromatic rings. The molecule has 3 aliphatic heterocycles. The van der Waals surface area contributed by atoms with Crippen LogP contribution in [-0.2, 0) is 33.9 Å². The molecule has 0 aliphatic carbocycles. The predicted octanol–water partition coefficient (Wildman–Crippen LogP) is 1.95. The topological polar surface area (TPSA) is 119 Å². The van der Waals surface area contributed by atoms with Crippen LogP contribution in [0.1, 0.15) is 39.2 Å². The molecule has 0 saturated carbocycles. The van der Waals surface area contributed by atoms with E-state index in [1.807, 2.05) is 30.3 Å². The molecule has 178 valence electrons. The number of carbonyl (C=O) groups is 3. The highest BCUT2D eigenvalue weighted by molar-refractivity contribution is 6.08. The maximum absolute atomic E-state index is 13.0. The average molecular weight is 473 g/mol. The highest BCUT2D eigenvalue weighted by atomic mass is 16.5. The van der Waals surface area contributed by atoms with Crippen LogP contribution < -0.4 is 16.0 Å². The second-order valence-corrected chi connectivity index (χ2v) is 9.15. The summed E-state index contributed by atoms with van der Waals surface area (Å²) in [6, 6.07) is 14.4. The first-order valence-corrected chi connectivity index (χ1v) is 11.6. The molecule has 2 atom stereocenters. The Bertz CT molecular complexity index is 1360. The van der Waals surface area contributed by atoms with Crippen molar-refractivity contribution in [2.24, 2.45) is 0 Å². The number of hydrogen-bond donors (Lipinski definition) is 3. The third kappa shape index (κ3) is 3.73. The van der Waals surface area contributed by atoms with E-state index in [2.05, 4.69) is 22.0 Å². The normalized spacial score (nSPS) is 23.3. The smallest absolute Gasteiger partial charge is 0.322 e. The quantitative estimate of drug-likeness (QED) is 0.500. The van der Waals surface area contributed by atoms with E-state index in [0.717, 1.165) is 27.7 Å². The Morgan fingerprint density at radius 1 is 1.09 bits per heavy atom. The van der Waals surface area contributed by atoms with Crippen molar-refractivity contribution >= 4 is 28.7 Å². The zero-order valence-electron chi connectivity index (χ0n) is 18.9. The molecule has 3 N–H and O–H groups in total. The minimum absolute atomic E-state index is 0.0163. The number of urea groups is 1. The molecule has 0 radical (unpaired) electrons. The van der Waals surface area contributed by atoms with Gasteiger partial charge in [0.15, 0.2) is 5.54 Å². The summed E-state index contributed by atoms with van der Waals surface area (Å²) in [7, 11) is 0. The first kappa shape index (κ1) is 21.7. The molecule has 3 aliphatic rings. The maximum atomic E-state index is 13.0. The summed E-state index contributed by atoms with van der Waals surface area (Å²) in [4.78, 5) is 42.0. The van der Waals surface area contributed by atoms with Crippen molar-refractivity contribution in [1.29, 1.82) is 0 Å². The fourth-order valence-electron chi connectivity index (χ4n) is 5.17. The monoisotopic (exact) mass is 472 g/mol. The highest BCUT2D eigenvalue weighted by Crippen LogP contribution is 2.31. The first-order chi connectivity index (χ1) is 17.0. The number of amides is 4. The summed E-state index contributed by atoms with van der Waals surface area (Å²) in [6.07, 6.45) is 1.12. The molecule has 2 aromatic carbocycles. The zero-order valence-corrected chi connectivity index (χ0v) is 18.9. The van der Waals surface area contributed by atoms with Crippen molar-refractivity contribution in [3.63, 3.8) is 0 Å². The number of aromatic nitrogens is 1. The van der Waals surface area contributed by atoms with Gasteiger partial charge in [-0.2, -0.15) is 0 Å². The van der Waals surface area contributed by atoms with Gasteiger partial charge >= 0.3 is 6.03 Å². The van der Waals surface area contributed by atoms with E-state index >= 15 is 0 Å². The minimum Gasteiger partial charge on any atom is -0.378 e. The molecule has 4 amide bonds. The summed E-state index contributed by atoms with van der Waals surface area (Å²) in [5.41, 5.74) is 4.56. The van der Waals surface area contributed by atoms with Gasteiger partial charge in [-0.15, -0.1) is 0 Å². The van der Waals surface area contributed by atoms with E-state index in [-0.39, 0.29) is 12.5 Å². The fraction of sp³-hybridized carbons (Fsp3) is 0.308. The maximum Gasteiger partial charge on any atom is 0.322 e. The predicted molar refractivity (Wildman–Crippen MR) is 126 cm³/mol. The fourth-order valence-corrected chi connectivity index (χ4v) is 5.17. The van der Waals surface area contributed by atoms with Gasteiger partial charge in [-0.25, -0.2) is 9.78 Å². The molecule has 35 heavy (non-hydrogen) atoms. The number of nitrogens with one attached hydrogen (secondary N) is 3. The van der Waals surface area contributed by atoms with Crippen molar-refractivity contribution < 1.29 is 23.9 Å². The molecule has 9 heteroatoms. The van der Waals surface area contributed by atoms with Gasteiger partial charge in [-0.3, -0.25) is 14.9 Å². The van der Waals surface area contributed by atoms with Gasteiger partial charge in [0, 0.05) is 23.1 Å². The number of rotatable bonds is 4. The van der Waals surface area contributed by atoms with Gasteiger partial charge in [0.05, 0.1) is 37.1 Å². The van der Waals surface area contributed by atoms with E-state index < -0.39 is 23.5 Å². The summed E-state index contributed by atoms with van der Waals surface area (Å²) < 4.78 is 11.1. The lowest BCUT2D eigenvalue weighted by atomic mass is 9.86. The first-order valence-electron chi connectivity index (χ1n) is 11.6. The van der Waals surface area contributed by atoms with Gasteiger partial charge in [0.25, 0.3) is 11.8 Å². The van der Waals surface area contributed by atoms with Crippen molar-refractivity contribution in [1.82, 2.24) is 20.9 Å². The number of ether oxygens (including phenoxy) is 2. The van der Waals surface area contributed by atoms with Gasteiger partial charge in [0.2, 0.25) is 0 Å². The van der Waals surface area contributed by atoms with Crippen molar-refractivity contribution in [2.75, 3.05) is 13.2 Å². The van der Waals surface area contributed by atoms with E-state index in [1.54, 1.807) is 12.1 Å². The van der Waals surface area contributed by atoms with Crippen LogP contribution in [-0.4, -0.2) is 47.6 Å². The van der Waals surface area contributed by atoms with E-state index in [1.165, 1.54) is 5.56 Å². The van der Waals surface area contributed by atoms with E-state index in [0.29, 0.717) is 38.2 Å². The average Bonchev–Trinajstić information content (AvgIpc) is 3.44.